The number of benzene rings is 2. The van der Waals surface area contributed by atoms with E-state index in [1.165, 1.54) is 23.1 Å². The quantitative estimate of drug-likeness (QED) is 0.560. The van der Waals surface area contributed by atoms with Gasteiger partial charge in [-0.25, -0.2) is 4.68 Å². The van der Waals surface area contributed by atoms with Crippen molar-refractivity contribution in [3.8, 4) is 5.69 Å². The number of alkyl halides is 3. The highest BCUT2D eigenvalue weighted by atomic mass is 19.4. The number of carbonyl (C=O) groups is 1. The molecule has 5 rings (SSSR count). The van der Waals surface area contributed by atoms with Gasteiger partial charge in [0.15, 0.2) is 0 Å². The Morgan fingerprint density at radius 2 is 1.54 bits per heavy atom. The SMILES string of the molecule is O=C(c1cc(-n2cnnn2)ccc1N1CCOCC1)N1CCN(c2ccc(C(F)(F)F)cc2)CC1. The number of amides is 1. The van der Waals surface area contributed by atoms with Crippen LogP contribution in [0.1, 0.15) is 15.9 Å². The number of hydrogen-bond donors (Lipinski definition) is 0. The molecule has 0 bridgehead atoms. The largest absolute Gasteiger partial charge is 0.416 e. The lowest BCUT2D eigenvalue weighted by Crippen LogP contribution is -2.49. The van der Waals surface area contributed by atoms with E-state index in [0.717, 1.165) is 17.8 Å². The van der Waals surface area contributed by atoms with Crippen LogP contribution in [0.15, 0.2) is 48.8 Å². The molecule has 0 aliphatic carbocycles. The van der Waals surface area contributed by atoms with Gasteiger partial charge in [0.05, 0.1) is 30.0 Å². The monoisotopic (exact) mass is 487 g/mol. The van der Waals surface area contributed by atoms with Crippen LogP contribution < -0.4 is 9.80 Å². The third-order valence-electron chi connectivity index (χ3n) is 6.30. The summed E-state index contributed by atoms with van der Waals surface area (Å²) >= 11 is 0. The summed E-state index contributed by atoms with van der Waals surface area (Å²) < 4.78 is 45.6. The Kier molecular flexibility index (Phi) is 6.29. The van der Waals surface area contributed by atoms with E-state index in [-0.39, 0.29) is 5.91 Å². The van der Waals surface area contributed by atoms with E-state index in [4.69, 9.17) is 4.74 Å². The van der Waals surface area contributed by atoms with E-state index in [0.29, 0.717) is 69.4 Å². The summed E-state index contributed by atoms with van der Waals surface area (Å²) in [5.41, 5.74) is 2.11. The van der Waals surface area contributed by atoms with Crippen LogP contribution in [0.4, 0.5) is 24.5 Å². The zero-order valence-electron chi connectivity index (χ0n) is 18.9. The molecule has 0 N–H and O–H groups in total. The molecule has 3 aromatic rings. The summed E-state index contributed by atoms with van der Waals surface area (Å²) in [5, 5.41) is 11.3. The van der Waals surface area contributed by atoms with E-state index in [2.05, 4.69) is 20.4 Å². The minimum atomic E-state index is -4.36. The fourth-order valence-electron chi connectivity index (χ4n) is 4.40. The minimum Gasteiger partial charge on any atom is -0.378 e. The third-order valence-corrected chi connectivity index (χ3v) is 6.30. The molecule has 0 saturated carbocycles. The number of carbonyl (C=O) groups excluding carboxylic acids is 1. The van der Waals surface area contributed by atoms with Crippen molar-refractivity contribution in [1.82, 2.24) is 25.1 Å². The van der Waals surface area contributed by atoms with Crippen LogP contribution >= 0.6 is 0 Å². The van der Waals surface area contributed by atoms with Crippen molar-refractivity contribution in [3.63, 3.8) is 0 Å². The molecule has 2 aromatic carbocycles. The smallest absolute Gasteiger partial charge is 0.378 e. The second-order valence-corrected chi connectivity index (χ2v) is 8.38. The lowest BCUT2D eigenvalue weighted by Gasteiger charge is -2.37. The van der Waals surface area contributed by atoms with Crippen LogP contribution in [0.3, 0.4) is 0 Å². The maximum atomic E-state index is 13.6. The van der Waals surface area contributed by atoms with Crippen molar-refractivity contribution in [2.24, 2.45) is 0 Å². The maximum Gasteiger partial charge on any atom is 0.416 e. The number of ether oxygens (including phenoxy) is 1. The molecule has 9 nitrogen and oxygen atoms in total. The Labute approximate surface area is 199 Å². The number of morpholine rings is 1. The van der Waals surface area contributed by atoms with E-state index < -0.39 is 11.7 Å². The Hall–Kier alpha value is -3.67. The zero-order chi connectivity index (χ0) is 24.4. The lowest BCUT2D eigenvalue weighted by atomic mass is 10.1. The van der Waals surface area contributed by atoms with Gasteiger partial charge in [-0.05, 0) is 52.9 Å². The number of tetrazole rings is 1. The van der Waals surface area contributed by atoms with Crippen LogP contribution in [-0.2, 0) is 10.9 Å². The van der Waals surface area contributed by atoms with Crippen LogP contribution in [0, 0.1) is 0 Å². The summed E-state index contributed by atoms with van der Waals surface area (Å²) in [5.74, 6) is -0.103. The number of nitrogens with zero attached hydrogens (tertiary/aromatic N) is 7. The Morgan fingerprint density at radius 3 is 2.17 bits per heavy atom. The maximum absolute atomic E-state index is 13.6. The first kappa shape index (κ1) is 23.1. The summed E-state index contributed by atoms with van der Waals surface area (Å²) in [4.78, 5) is 19.6. The van der Waals surface area contributed by atoms with Gasteiger partial charge in [-0.15, -0.1) is 5.10 Å². The molecule has 0 unspecified atom stereocenters. The standard InChI is InChI=1S/C23H24F3N7O2/c24-23(25,26)17-1-3-18(4-2-17)30-7-9-32(10-8-30)22(34)20-15-19(33-16-27-28-29-33)5-6-21(20)31-11-13-35-14-12-31/h1-6,15-16H,7-14H2. The Bertz CT molecular complexity index is 1150. The highest BCUT2D eigenvalue weighted by molar-refractivity contribution is 6.00. The van der Waals surface area contributed by atoms with Crippen LogP contribution in [0.25, 0.3) is 5.69 Å². The predicted octanol–water partition coefficient (Wildman–Crippen LogP) is 2.48. The van der Waals surface area contributed by atoms with E-state index in [1.54, 1.807) is 11.0 Å². The average molecular weight is 487 g/mol. The van der Waals surface area contributed by atoms with Crippen molar-refractivity contribution in [3.05, 3.63) is 59.9 Å². The third kappa shape index (κ3) is 4.92. The highest BCUT2D eigenvalue weighted by Crippen LogP contribution is 2.31. The van der Waals surface area contributed by atoms with Crippen molar-refractivity contribution >= 4 is 17.3 Å². The molecule has 2 fully saturated rings. The van der Waals surface area contributed by atoms with Crippen molar-refractivity contribution in [1.29, 1.82) is 0 Å². The number of hydrogen-bond acceptors (Lipinski definition) is 7. The van der Waals surface area contributed by atoms with Crippen molar-refractivity contribution in [2.75, 3.05) is 62.3 Å². The van der Waals surface area contributed by atoms with Gasteiger partial charge in [0, 0.05) is 50.6 Å². The molecular formula is C23H24F3N7O2. The topological polar surface area (TPSA) is 79.6 Å². The normalized spacial score (nSPS) is 17.1. The molecule has 35 heavy (non-hydrogen) atoms. The van der Waals surface area contributed by atoms with Crippen molar-refractivity contribution < 1.29 is 22.7 Å². The summed E-state index contributed by atoms with van der Waals surface area (Å²) in [6.45, 7) is 4.52. The van der Waals surface area contributed by atoms with Gasteiger partial charge in [0.2, 0.25) is 0 Å². The number of rotatable bonds is 4. The lowest BCUT2D eigenvalue weighted by molar-refractivity contribution is -0.137. The zero-order valence-corrected chi connectivity index (χ0v) is 18.9. The Morgan fingerprint density at radius 1 is 0.857 bits per heavy atom. The first-order valence-corrected chi connectivity index (χ1v) is 11.3. The molecule has 1 aromatic heterocycles. The van der Waals surface area contributed by atoms with Gasteiger partial charge in [0.1, 0.15) is 6.33 Å². The second-order valence-electron chi connectivity index (χ2n) is 8.38. The molecule has 2 aliphatic heterocycles. The van der Waals surface area contributed by atoms with Crippen LogP contribution in [-0.4, -0.2) is 83.5 Å². The molecule has 0 spiro atoms. The molecule has 184 valence electrons. The minimum absolute atomic E-state index is 0.103. The van der Waals surface area contributed by atoms with Gasteiger partial charge in [-0.3, -0.25) is 4.79 Å². The first-order valence-electron chi connectivity index (χ1n) is 11.3. The van der Waals surface area contributed by atoms with Crippen LogP contribution in [0.5, 0.6) is 0 Å². The number of aromatic nitrogens is 4. The molecule has 0 radical (unpaired) electrons. The fourth-order valence-corrected chi connectivity index (χ4v) is 4.40. The van der Waals surface area contributed by atoms with Gasteiger partial charge in [-0.1, -0.05) is 0 Å². The van der Waals surface area contributed by atoms with E-state index in [1.807, 2.05) is 17.0 Å². The second kappa shape index (κ2) is 9.53. The van der Waals surface area contributed by atoms with Crippen molar-refractivity contribution in [2.45, 2.75) is 6.18 Å². The molecule has 2 aliphatic rings. The predicted molar refractivity (Wildman–Crippen MR) is 122 cm³/mol. The van der Waals surface area contributed by atoms with E-state index >= 15 is 0 Å². The Balaban J connectivity index is 1.34. The summed E-state index contributed by atoms with van der Waals surface area (Å²) in [6.07, 6.45) is -2.89. The van der Waals surface area contributed by atoms with Gasteiger partial charge < -0.3 is 19.4 Å². The van der Waals surface area contributed by atoms with Crippen LogP contribution in [0.2, 0.25) is 0 Å². The molecule has 1 amide bonds. The number of piperazine rings is 1. The summed E-state index contributed by atoms with van der Waals surface area (Å²) in [7, 11) is 0. The highest BCUT2D eigenvalue weighted by Gasteiger charge is 2.31. The molecule has 2 saturated heterocycles. The van der Waals surface area contributed by atoms with Gasteiger partial charge in [0.25, 0.3) is 5.91 Å². The van der Waals surface area contributed by atoms with Gasteiger partial charge in [-0.2, -0.15) is 13.2 Å². The number of anilines is 2. The molecule has 12 heteroatoms. The molecule has 0 atom stereocenters. The van der Waals surface area contributed by atoms with Gasteiger partial charge >= 0.3 is 6.18 Å². The average Bonchev–Trinajstić information content (AvgIpc) is 3.43. The molecule has 3 heterocycles. The first-order chi connectivity index (χ1) is 16.9. The van der Waals surface area contributed by atoms with E-state index in [9.17, 15) is 18.0 Å². The fraction of sp³-hybridized carbons (Fsp3) is 0.391. The molecular weight excluding hydrogens is 463 g/mol. The summed E-state index contributed by atoms with van der Waals surface area (Å²) in [6, 6.07) is 10.7. The number of halogens is 3.